The van der Waals surface area contributed by atoms with Gasteiger partial charge in [0, 0.05) is 93.5 Å². The van der Waals surface area contributed by atoms with Gasteiger partial charge in [-0.25, -0.2) is 0 Å². The average molecular weight is 1050 g/mol. The largest absolute Gasteiger partial charge is 0.359 e. The van der Waals surface area contributed by atoms with Crippen molar-refractivity contribution in [2.45, 2.75) is 51.5 Å². The Hall–Kier alpha value is -9.26. The van der Waals surface area contributed by atoms with Crippen molar-refractivity contribution in [3.63, 3.8) is 0 Å². The fraction of sp³-hybridized carbons (Fsp3) is 0.154. The van der Waals surface area contributed by atoms with Crippen LogP contribution in [0.5, 0.6) is 0 Å². The van der Waals surface area contributed by atoms with Gasteiger partial charge in [0.15, 0.2) is 28.9 Å². The second kappa shape index (κ2) is 22.1. The molecule has 12 rings (SSSR count). The fourth-order valence-corrected chi connectivity index (χ4v) is 11.3. The molecule has 4 aliphatic rings. The van der Waals surface area contributed by atoms with Crippen LogP contribution >= 0.6 is 11.6 Å². The molecule has 0 aromatic heterocycles. The van der Waals surface area contributed by atoms with E-state index in [1.165, 1.54) is 12.1 Å². The highest BCUT2D eigenvalue weighted by atomic mass is 35.5. The molecule has 1 saturated carbocycles. The molecular weight excluding hydrogens is 1000 g/mol. The van der Waals surface area contributed by atoms with Crippen LogP contribution in [0.3, 0.4) is 0 Å². The Morgan fingerprint density at radius 2 is 1.00 bits per heavy atom. The number of ketones is 5. The zero-order valence-corrected chi connectivity index (χ0v) is 43.3. The number of non-ortho nitro benzene ring substituents is 1. The van der Waals surface area contributed by atoms with E-state index in [9.17, 15) is 43.7 Å². The number of carbonyl (C=O) groups is 7. The number of nitro benzene ring substituents is 1. The molecule has 2 amide bonds. The highest BCUT2D eigenvalue weighted by Gasteiger charge is 2.35. The summed E-state index contributed by atoms with van der Waals surface area (Å²) in [7, 11) is 1.64. The van der Waals surface area contributed by atoms with Crippen molar-refractivity contribution in [3.05, 3.63) is 252 Å². The van der Waals surface area contributed by atoms with Crippen molar-refractivity contribution >= 4 is 58.0 Å². The molecule has 2 atom stereocenters. The number of nitrogens with zero attached hydrogens (tertiary/aromatic N) is 1. The van der Waals surface area contributed by atoms with E-state index in [0.717, 1.165) is 63.8 Å². The minimum Gasteiger partial charge on any atom is -0.359 e. The molecule has 386 valence electrons. The molecule has 0 radical (unpaired) electrons. The van der Waals surface area contributed by atoms with Gasteiger partial charge >= 0.3 is 0 Å². The van der Waals surface area contributed by atoms with Crippen molar-refractivity contribution in [2.75, 3.05) is 7.05 Å². The van der Waals surface area contributed by atoms with E-state index in [1.54, 1.807) is 61.6 Å². The van der Waals surface area contributed by atoms with Crippen molar-refractivity contribution in [3.8, 4) is 33.4 Å². The summed E-state index contributed by atoms with van der Waals surface area (Å²) in [5.41, 5.74) is 11.8. The molecule has 8 aromatic carbocycles. The number of halogens is 1. The molecule has 78 heavy (non-hydrogen) atoms. The van der Waals surface area contributed by atoms with Crippen LogP contribution in [-0.4, -0.2) is 58.7 Å². The van der Waals surface area contributed by atoms with Crippen LogP contribution in [0.4, 0.5) is 5.69 Å². The Morgan fingerprint density at radius 3 is 1.51 bits per heavy atom. The summed E-state index contributed by atoms with van der Waals surface area (Å²) in [6.45, 7) is 1.91. The van der Waals surface area contributed by atoms with E-state index in [4.69, 9.17) is 11.6 Å². The summed E-state index contributed by atoms with van der Waals surface area (Å²) < 4.78 is 0. The highest BCUT2D eigenvalue weighted by Crippen LogP contribution is 2.41. The van der Waals surface area contributed by atoms with Crippen LogP contribution in [0.2, 0.25) is 5.02 Å². The van der Waals surface area contributed by atoms with Gasteiger partial charge < -0.3 is 10.6 Å². The Morgan fingerprint density at radius 1 is 0.551 bits per heavy atom. The van der Waals surface area contributed by atoms with Gasteiger partial charge in [0.25, 0.3) is 11.6 Å². The van der Waals surface area contributed by atoms with E-state index < -0.39 is 4.92 Å². The molecular formula is C65H50ClN3O9. The number of nitro groups is 1. The quantitative estimate of drug-likeness (QED) is 0.0763. The Balaban J connectivity index is 0.000000132. The summed E-state index contributed by atoms with van der Waals surface area (Å²) in [6, 6.07) is 49.9. The standard InChI is InChI=1S/C22H15ClO2.C22H22N2O3.C21H13NO4/c1-13-6-4-7-14(21(13)23)12-19(24)18-11-5-10-16-15-8-2-3-9-17(15)22(25)20(16)18;1-23-21(26)13-6-4-7-14(12-13)24-22(27)18-11-5-10-16-15-8-2-3-9-17(15)20(25)19(16)18;23-19(12-13-5-3-6-14(11-13)22(25)26)18-10-4-9-16-15-7-1-2-8-17(15)21(24)20(16)18/h2-11H,12H2,1H3;2-3,5,8-11,13-14H,4,6-7,12H2,1H3,(H,23,26)(H,24,27);1-11H,12H2. The van der Waals surface area contributed by atoms with Gasteiger partial charge in [-0.1, -0.05) is 170 Å². The SMILES string of the molecule is CNC(=O)C1CCCC(NC(=O)c2cccc3c2C(=O)c2ccccc2-3)C1.Cc1cccc(CC(=O)c2cccc3c2C(=O)c2ccccc2-3)c1Cl.O=C(Cc1cccc([N+](=O)[O-])c1)c1cccc2c1C(=O)c1ccccc1-2. The predicted molar refractivity (Wildman–Crippen MR) is 299 cm³/mol. The van der Waals surface area contributed by atoms with E-state index in [1.807, 2.05) is 110 Å². The maximum Gasteiger partial charge on any atom is 0.269 e. The Kier molecular flexibility index (Phi) is 14.8. The van der Waals surface area contributed by atoms with Gasteiger partial charge in [-0.2, -0.15) is 0 Å². The van der Waals surface area contributed by atoms with E-state index in [2.05, 4.69) is 10.6 Å². The van der Waals surface area contributed by atoms with Crippen molar-refractivity contribution in [1.82, 2.24) is 10.6 Å². The lowest BCUT2D eigenvalue weighted by molar-refractivity contribution is -0.384. The van der Waals surface area contributed by atoms with Crippen LogP contribution in [0.1, 0.15) is 121 Å². The van der Waals surface area contributed by atoms with Crippen LogP contribution in [0, 0.1) is 23.0 Å². The smallest absolute Gasteiger partial charge is 0.269 e. The van der Waals surface area contributed by atoms with Gasteiger partial charge in [0.2, 0.25) is 5.91 Å². The van der Waals surface area contributed by atoms with Gasteiger partial charge in [-0.3, -0.25) is 43.7 Å². The molecule has 13 heteroatoms. The molecule has 8 aromatic rings. The Bertz CT molecular complexity index is 3840. The third-order valence-electron chi connectivity index (χ3n) is 14.8. The van der Waals surface area contributed by atoms with Crippen molar-refractivity contribution in [1.29, 1.82) is 0 Å². The number of rotatable bonds is 10. The van der Waals surface area contributed by atoms with Gasteiger partial charge in [-0.05, 0) is 82.3 Å². The minimum atomic E-state index is -0.492. The molecule has 12 nitrogen and oxygen atoms in total. The molecule has 2 unspecified atom stereocenters. The lowest BCUT2D eigenvalue weighted by Gasteiger charge is -2.28. The maximum absolute atomic E-state index is 13.0. The van der Waals surface area contributed by atoms with Crippen LogP contribution in [0.15, 0.2) is 170 Å². The number of amides is 2. The first kappa shape index (κ1) is 52.2. The zero-order chi connectivity index (χ0) is 54.8. The van der Waals surface area contributed by atoms with Gasteiger partial charge in [-0.15, -0.1) is 0 Å². The fourth-order valence-electron chi connectivity index (χ4n) is 11.1. The topological polar surface area (TPSA) is 187 Å². The summed E-state index contributed by atoms with van der Waals surface area (Å²) in [5, 5.41) is 17.3. The molecule has 0 heterocycles. The summed E-state index contributed by atoms with van der Waals surface area (Å²) in [5.74, 6) is -0.937. The van der Waals surface area contributed by atoms with Gasteiger partial charge in [0.1, 0.15) is 0 Å². The number of fused-ring (bicyclic) bond motifs is 9. The molecule has 0 saturated heterocycles. The first-order valence-electron chi connectivity index (χ1n) is 25.6. The lowest BCUT2D eigenvalue weighted by Crippen LogP contribution is -2.42. The van der Waals surface area contributed by atoms with Crippen LogP contribution < -0.4 is 10.6 Å². The van der Waals surface area contributed by atoms with Crippen LogP contribution in [-0.2, 0) is 17.6 Å². The second-order valence-electron chi connectivity index (χ2n) is 19.6. The maximum atomic E-state index is 13.0. The molecule has 0 aliphatic heterocycles. The predicted octanol–water partition coefficient (Wildman–Crippen LogP) is 12.4. The third-order valence-corrected chi connectivity index (χ3v) is 15.4. The summed E-state index contributed by atoms with van der Waals surface area (Å²) in [4.78, 5) is 99.5. The number of nitrogens with one attached hydrogen (secondary N) is 2. The number of carbonyl (C=O) groups excluding carboxylic acids is 7. The molecule has 0 spiro atoms. The van der Waals surface area contributed by atoms with E-state index in [-0.39, 0.29) is 71.2 Å². The number of aryl methyl sites for hydroxylation is 1. The first-order valence-corrected chi connectivity index (χ1v) is 26.0. The molecule has 1 fully saturated rings. The average Bonchev–Trinajstić information content (AvgIpc) is 4.22. The highest BCUT2D eigenvalue weighted by molar-refractivity contribution is 6.32. The Labute approximate surface area is 454 Å². The van der Waals surface area contributed by atoms with Crippen molar-refractivity contribution < 1.29 is 38.5 Å². The van der Waals surface area contributed by atoms with E-state index >= 15 is 0 Å². The third kappa shape index (κ3) is 10.0. The zero-order valence-electron chi connectivity index (χ0n) is 42.6. The summed E-state index contributed by atoms with van der Waals surface area (Å²) in [6.07, 6.45) is 3.42. The van der Waals surface area contributed by atoms with Crippen molar-refractivity contribution in [2.24, 2.45) is 5.92 Å². The normalized spacial score (nSPS) is 14.9. The second-order valence-corrected chi connectivity index (χ2v) is 20.0. The van der Waals surface area contributed by atoms with Crippen LogP contribution in [0.25, 0.3) is 33.4 Å². The number of benzene rings is 8. The monoisotopic (exact) mass is 1050 g/mol. The molecule has 4 aliphatic carbocycles. The number of hydrogen-bond acceptors (Lipinski definition) is 9. The molecule has 0 bridgehead atoms. The molecule has 2 N–H and O–H groups in total. The van der Waals surface area contributed by atoms with Gasteiger partial charge in [0.05, 0.1) is 10.5 Å². The first-order chi connectivity index (χ1) is 37.7. The number of hydrogen-bond donors (Lipinski definition) is 2. The lowest BCUT2D eigenvalue weighted by atomic mass is 9.85. The summed E-state index contributed by atoms with van der Waals surface area (Å²) >= 11 is 6.32. The van der Waals surface area contributed by atoms with E-state index in [0.29, 0.717) is 67.1 Å². The minimum absolute atomic E-state index is 0.00174. The number of Topliss-reactive ketones (excluding diaryl/α,β-unsaturated/α-hetero) is 2.